The first-order chi connectivity index (χ1) is 14.2. The summed E-state index contributed by atoms with van der Waals surface area (Å²) in [4.78, 5) is 0.664. The van der Waals surface area contributed by atoms with Crippen LogP contribution >= 0.6 is 34.5 Å². The minimum Gasteiger partial charge on any atom is -0.485 e. The number of benzene rings is 2. The van der Waals surface area contributed by atoms with Crippen LogP contribution in [-0.4, -0.2) is 30.0 Å². The molecule has 0 saturated carbocycles. The fourth-order valence-electron chi connectivity index (χ4n) is 2.81. The van der Waals surface area contributed by atoms with Crippen molar-refractivity contribution in [3.63, 3.8) is 0 Å². The van der Waals surface area contributed by atoms with E-state index in [2.05, 4.69) is 25.5 Å². The van der Waals surface area contributed by atoms with E-state index >= 15 is 0 Å². The van der Waals surface area contributed by atoms with E-state index in [1.165, 1.54) is 11.3 Å². The van der Waals surface area contributed by atoms with Crippen LogP contribution in [-0.2, 0) is 6.61 Å². The number of rotatable bonds is 5. The molecule has 2 aromatic carbocycles. The van der Waals surface area contributed by atoms with Crippen LogP contribution in [0.4, 0.5) is 0 Å². The van der Waals surface area contributed by atoms with Crippen LogP contribution in [0.1, 0.15) is 5.01 Å². The molecule has 0 atom stereocenters. The monoisotopic (exact) mass is 442 g/mol. The molecule has 0 amide bonds. The van der Waals surface area contributed by atoms with Crippen molar-refractivity contribution in [2.75, 3.05) is 0 Å². The van der Waals surface area contributed by atoms with Crippen molar-refractivity contribution in [3.05, 3.63) is 69.7 Å². The normalized spacial score (nSPS) is 11.2. The van der Waals surface area contributed by atoms with Gasteiger partial charge in [0, 0.05) is 10.6 Å². The molecule has 7 nitrogen and oxygen atoms in total. The number of aromatic amines is 1. The van der Waals surface area contributed by atoms with Gasteiger partial charge in [-0.25, -0.2) is 0 Å². The zero-order chi connectivity index (χ0) is 19.8. The van der Waals surface area contributed by atoms with Gasteiger partial charge in [0.2, 0.25) is 10.8 Å². The van der Waals surface area contributed by atoms with E-state index in [1.54, 1.807) is 22.7 Å². The molecule has 0 radical (unpaired) electrons. The van der Waals surface area contributed by atoms with Crippen LogP contribution in [0.2, 0.25) is 10.0 Å². The second kappa shape index (κ2) is 7.47. The Balaban J connectivity index is 1.39. The van der Waals surface area contributed by atoms with Gasteiger partial charge in [0.25, 0.3) is 0 Å². The summed E-state index contributed by atoms with van der Waals surface area (Å²) in [5, 5.41) is 22.1. The molecule has 3 aromatic heterocycles. The maximum Gasteiger partial charge on any atom is 0.235 e. The van der Waals surface area contributed by atoms with E-state index in [0.717, 1.165) is 22.0 Å². The van der Waals surface area contributed by atoms with E-state index in [4.69, 9.17) is 27.9 Å². The number of hydrogen-bond donors (Lipinski definition) is 1. The van der Waals surface area contributed by atoms with E-state index in [9.17, 15) is 0 Å². The Morgan fingerprint density at radius 2 is 1.90 bits per heavy atom. The molecular formula is C19H12Cl2N6OS. The zero-order valence-corrected chi connectivity index (χ0v) is 17.0. The quantitative estimate of drug-likeness (QED) is 0.407. The lowest BCUT2D eigenvalue weighted by atomic mass is 10.1. The first kappa shape index (κ1) is 18.1. The Hall–Kier alpha value is -2.94. The lowest BCUT2D eigenvalue weighted by Crippen LogP contribution is -1.98. The standard InChI is InChI=1S/C19H12Cl2N6OS/c20-12-6-7-16(13(21)8-12)28-10-17-26-27-18(24-25-19(27)29-17)15-9-14(22-23-15)11-4-2-1-3-5-11/h1-9H,10H2,(H,22,23). The number of nitrogens with one attached hydrogen (secondary N) is 1. The Kier molecular flexibility index (Phi) is 4.67. The molecule has 144 valence electrons. The molecule has 10 heteroatoms. The third kappa shape index (κ3) is 3.57. The maximum atomic E-state index is 6.15. The van der Waals surface area contributed by atoms with Crippen molar-refractivity contribution in [1.82, 2.24) is 30.0 Å². The smallest absolute Gasteiger partial charge is 0.235 e. The first-order valence-corrected chi connectivity index (χ1v) is 10.1. The maximum absolute atomic E-state index is 6.15. The Morgan fingerprint density at radius 1 is 1.03 bits per heavy atom. The average molecular weight is 443 g/mol. The van der Waals surface area contributed by atoms with E-state index in [1.807, 2.05) is 36.4 Å². The SMILES string of the molecule is Clc1ccc(OCc2nn3c(-c4cc(-c5ccccc5)n[nH]4)nnc3s2)c(Cl)c1. The lowest BCUT2D eigenvalue weighted by molar-refractivity contribution is 0.304. The first-order valence-electron chi connectivity index (χ1n) is 8.57. The Labute approximate surface area is 178 Å². The molecule has 3 heterocycles. The van der Waals surface area contributed by atoms with E-state index in [0.29, 0.717) is 26.6 Å². The van der Waals surface area contributed by atoms with Crippen LogP contribution in [0.3, 0.4) is 0 Å². The summed E-state index contributed by atoms with van der Waals surface area (Å²) in [7, 11) is 0. The highest BCUT2D eigenvalue weighted by molar-refractivity contribution is 7.16. The van der Waals surface area contributed by atoms with Crippen LogP contribution in [0.15, 0.2) is 54.6 Å². The largest absolute Gasteiger partial charge is 0.485 e. The molecule has 0 aliphatic heterocycles. The van der Waals surface area contributed by atoms with Gasteiger partial charge in [0.1, 0.15) is 18.1 Å². The van der Waals surface area contributed by atoms with Crippen molar-refractivity contribution in [2.45, 2.75) is 6.61 Å². The Bertz CT molecular complexity index is 1300. The molecule has 0 bridgehead atoms. The number of hydrogen-bond acceptors (Lipinski definition) is 6. The van der Waals surface area contributed by atoms with E-state index < -0.39 is 0 Å². The summed E-state index contributed by atoms with van der Waals surface area (Å²) in [6.07, 6.45) is 0. The lowest BCUT2D eigenvalue weighted by Gasteiger charge is -2.05. The van der Waals surface area contributed by atoms with Gasteiger partial charge in [0.05, 0.1) is 10.7 Å². The minimum atomic E-state index is 0.257. The van der Waals surface area contributed by atoms with Gasteiger partial charge in [-0.1, -0.05) is 64.9 Å². The summed E-state index contributed by atoms with van der Waals surface area (Å²) in [6.45, 7) is 0.257. The van der Waals surface area contributed by atoms with Crippen LogP contribution in [0, 0.1) is 0 Å². The number of halogens is 2. The summed E-state index contributed by atoms with van der Waals surface area (Å²) in [5.41, 5.74) is 2.58. The zero-order valence-electron chi connectivity index (χ0n) is 14.7. The van der Waals surface area contributed by atoms with Crippen molar-refractivity contribution >= 4 is 39.5 Å². The highest BCUT2D eigenvalue weighted by atomic mass is 35.5. The van der Waals surface area contributed by atoms with Crippen LogP contribution in [0.5, 0.6) is 5.75 Å². The molecule has 1 N–H and O–H groups in total. The van der Waals surface area contributed by atoms with E-state index in [-0.39, 0.29) is 6.61 Å². The van der Waals surface area contributed by atoms with Gasteiger partial charge < -0.3 is 4.74 Å². The van der Waals surface area contributed by atoms with Gasteiger partial charge >= 0.3 is 0 Å². The summed E-state index contributed by atoms with van der Waals surface area (Å²) >= 11 is 13.5. The molecular weight excluding hydrogens is 431 g/mol. The predicted molar refractivity (Wildman–Crippen MR) is 112 cm³/mol. The molecule has 29 heavy (non-hydrogen) atoms. The molecule has 0 aliphatic rings. The molecule has 5 rings (SSSR count). The van der Waals surface area contributed by atoms with Crippen molar-refractivity contribution < 1.29 is 4.74 Å². The fraction of sp³-hybridized carbons (Fsp3) is 0.0526. The summed E-state index contributed by atoms with van der Waals surface area (Å²) < 4.78 is 7.44. The number of aromatic nitrogens is 6. The molecule has 0 fully saturated rings. The Morgan fingerprint density at radius 3 is 2.72 bits per heavy atom. The van der Waals surface area contributed by atoms with Crippen molar-refractivity contribution in [1.29, 1.82) is 0 Å². The van der Waals surface area contributed by atoms with Gasteiger partial charge in [-0.05, 0) is 24.3 Å². The number of H-pyrrole nitrogens is 1. The highest BCUT2D eigenvalue weighted by Crippen LogP contribution is 2.29. The second-order valence-corrected chi connectivity index (χ2v) is 7.99. The number of fused-ring (bicyclic) bond motifs is 1. The topological polar surface area (TPSA) is 81.0 Å². The summed E-state index contributed by atoms with van der Waals surface area (Å²) in [6, 6.07) is 16.9. The van der Waals surface area contributed by atoms with Gasteiger partial charge in [-0.2, -0.15) is 14.7 Å². The van der Waals surface area contributed by atoms with Crippen LogP contribution < -0.4 is 4.74 Å². The summed E-state index contributed by atoms with van der Waals surface area (Å²) in [5.74, 6) is 1.13. The van der Waals surface area contributed by atoms with Gasteiger partial charge in [-0.15, -0.1) is 10.2 Å². The van der Waals surface area contributed by atoms with Crippen molar-refractivity contribution in [3.8, 4) is 28.5 Å². The average Bonchev–Trinajstić information content (AvgIpc) is 3.43. The third-order valence-electron chi connectivity index (χ3n) is 4.17. The number of ether oxygens (including phenoxy) is 1. The van der Waals surface area contributed by atoms with Crippen molar-refractivity contribution in [2.24, 2.45) is 0 Å². The molecule has 5 aromatic rings. The third-order valence-corrected chi connectivity index (χ3v) is 5.57. The molecule has 0 spiro atoms. The predicted octanol–water partition coefficient (Wildman–Crippen LogP) is 5.13. The van der Waals surface area contributed by atoms with Gasteiger partial charge in [0.15, 0.2) is 5.01 Å². The fourth-order valence-corrected chi connectivity index (χ4v) is 4.02. The van der Waals surface area contributed by atoms with Gasteiger partial charge in [-0.3, -0.25) is 5.10 Å². The number of nitrogens with zero attached hydrogens (tertiary/aromatic N) is 5. The molecule has 0 aliphatic carbocycles. The second-order valence-electron chi connectivity index (χ2n) is 6.11. The molecule has 0 saturated heterocycles. The molecule has 0 unspecified atom stereocenters. The highest BCUT2D eigenvalue weighted by Gasteiger charge is 2.16. The minimum absolute atomic E-state index is 0.257. The van der Waals surface area contributed by atoms with Crippen LogP contribution in [0.25, 0.3) is 27.7 Å².